The average Bonchev–Trinajstić information content (AvgIpc) is 3.52. The van der Waals surface area contributed by atoms with Gasteiger partial charge in [-0.3, -0.25) is 4.79 Å². The molecule has 8 heteroatoms. The number of hydrogen-bond donors (Lipinski definition) is 0. The zero-order valence-electron chi connectivity index (χ0n) is 18.1. The second kappa shape index (κ2) is 9.67. The maximum Gasteiger partial charge on any atom is 0.253 e. The Bertz CT molecular complexity index is 1170. The Hall–Kier alpha value is -2.97. The minimum absolute atomic E-state index is 0.175. The number of carbonyl (C=O) groups excluding carboxylic acids is 1. The maximum absolute atomic E-state index is 12.9. The third-order valence-corrected chi connectivity index (χ3v) is 7.57. The van der Waals surface area contributed by atoms with E-state index in [-0.39, 0.29) is 10.8 Å². The molecule has 7 nitrogen and oxygen atoms in total. The highest BCUT2D eigenvalue weighted by Crippen LogP contribution is 2.22. The highest BCUT2D eigenvalue weighted by atomic mass is 32.2. The van der Waals surface area contributed by atoms with E-state index in [1.807, 2.05) is 36.4 Å². The topological polar surface area (TPSA) is 83.7 Å². The van der Waals surface area contributed by atoms with Crippen LogP contribution in [0.5, 0.6) is 0 Å². The van der Waals surface area contributed by atoms with Gasteiger partial charge in [0, 0.05) is 50.3 Å². The van der Waals surface area contributed by atoms with Crippen LogP contribution in [0.1, 0.15) is 35.4 Å². The predicted molar refractivity (Wildman–Crippen MR) is 122 cm³/mol. The molecular formula is C24H27N3O4S. The monoisotopic (exact) mass is 453 g/mol. The first kappa shape index (κ1) is 22.2. The lowest BCUT2D eigenvalue weighted by Gasteiger charge is -2.19. The molecule has 0 saturated carbocycles. The first-order chi connectivity index (χ1) is 15.4. The Labute approximate surface area is 188 Å². The van der Waals surface area contributed by atoms with Crippen molar-refractivity contribution in [1.82, 2.24) is 14.4 Å². The molecule has 2 heterocycles. The van der Waals surface area contributed by atoms with Crippen LogP contribution in [0.2, 0.25) is 0 Å². The van der Waals surface area contributed by atoms with Gasteiger partial charge in [-0.1, -0.05) is 41.6 Å². The van der Waals surface area contributed by atoms with Crippen molar-refractivity contribution < 1.29 is 17.7 Å². The number of aromatic nitrogens is 1. The van der Waals surface area contributed by atoms with Crippen LogP contribution >= 0.6 is 0 Å². The lowest BCUT2D eigenvalue weighted by molar-refractivity contribution is 0.0792. The number of carbonyl (C=O) groups is 1. The van der Waals surface area contributed by atoms with Gasteiger partial charge in [0.1, 0.15) is 11.5 Å². The smallest absolute Gasteiger partial charge is 0.253 e. The zero-order chi connectivity index (χ0) is 22.6. The molecule has 0 unspecified atom stereocenters. The van der Waals surface area contributed by atoms with Gasteiger partial charge in [0.15, 0.2) is 0 Å². The second-order valence-corrected chi connectivity index (χ2v) is 9.95. The summed E-state index contributed by atoms with van der Waals surface area (Å²) in [7, 11) is -1.83. The summed E-state index contributed by atoms with van der Waals surface area (Å²) >= 11 is 0. The first-order valence-corrected chi connectivity index (χ1v) is 12.3. The Kier molecular flexibility index (Phi) is 6.72. The fourth-order valence-corrected chi connectivity index (χ4v) is 5.42. The number of sulfonamides is 1. The van der Waals surface area contributed by atoms with E-state index < -0.39 is 10.0 Å². The van der Waals surface area contributed by atoms with Gasteiger partial charge in [-0.15, -0.1) is 0 Å². The van der Waals surface area contributed by atoms with E-state index in [1.165, 1.54) is 10.4 Å². The van der Waals surface area contributed by atoms with Crippen molar-refractivity contribution in [3.63, 3.8) is 0 Å². The van der Waals surface area contributed by atoms with Gasteiger partial charge in [0.25, 0.3) is 5.91 Å². The Morgan fingerprint density at radius 3 is 2.56 bits per heavy atom. The molecule has 1 amide bonds. The Morgan fingerprint density at radius 1 is 1.06 bits per heavy atom. The summed E-state index contributed by atoms with van der Waals surface area (Å²) in [5, 5.41) is 4.12. The van der Waals surface area contributed by atoms with Crippen molar-refractivity contribution in [2.24, 2.45) is 0 Å². The van der Waals surface area contributed by atoms with Gasteiger partial charge >= 0.3 is 0 Å². The van der Waals surface area contributed by atoms with Crippen molar-refractivity contribution in [1.29, 1.82) is 0 Å². The normalized spacial score (nSPS) is 14.5. The van der Waals surface area contributed by atoms with Crippen molar-refractivity contribution in [2.45, 2.75) is 30.6 Å². The molecule has 1 fully saturated rings. The van der Waals surface area contributed by atoms with E-state index >= 15 is 0 Å². The number of nitrogens with zero attached hydrogens (tertiary/aromatic N) is 3. The zero-order valence-corrected chi connectivity index (χ0v) is 18.9. The van der Waals surface area contributed by atoms with Gasteiger partial charge < -0.3 is 9.42 Å². The molecule has 1 saturated heterocycles. The van der Waals surface area contributed by atoms with Crippen LogP contribution < -0.4 is 0 Å². The third-order valence-electron chi connectivity index (χ3n) is 5.68. The van der Waals surface area contributed by atoms with E-state index in [2.05, 4.69) is 5.16 Å². The maximum atomic E-state index is 12.9. The summed E-state index contributed by atoms with van der Waals surface area (Å²) in [4.78, 5) is 14.6. The molecule has 2 aromatic carbocycles. The summed E-state index contributed by atoms with van der Waals surface area (Å²) in [6.45, 7) is 1.59. The minimum atomic E-state index is -3.55. The van der Waals surface area contributed by atoms with Gasteiger partial charge in [-0.25, -0.2) is 8.42 Å². The average molecular weight is 454 g/mol. The highest BCUT2D eigenvalue weighted by molar-refractivity contribution is 7.89. The number of hydrogen-bond acceptors (Lipinski definition) is 5. The number of amides is 1. The van der Waals surface area contributed by atoms with E-state index in [4.69, 9.17) is 4.52 Å². The molecule has 0 spiro atoms. The van der Waals surface area contributed by atoms with Gasteiger partial charge in [-0.05, 0) is 37.5 Å². The van der Waals surface area contributed by atoms with Crippen molar-refractivity contribution in [3.05, 3.63) is 72.0 Å². The fraction of sp³-hybridized carbons (Fsp3) is 0.333. The summed E-state index contributed by atoms with van der Waals surface area (Å²) < 4.78 is 32.5. The van der Waals surface area contributed by atoms with Gasteiger partial charge in [-0.2, -0.15) is 4.31 Å². The van der Waals surface area contributed by atoms with E-state index in [0.717, 1.165) is 29.9 Å². The van der Waals surface area contributed by atoms with Crippen LogP contribution in [0.25, 0.3) is 11.3 Å². The number of rotatable bonds is 8. The molecule has 0 aliphatic carbocycles. The molecule has 32 heavy (non-hydrogen) atoms. The van der Waals surface area contributed by atoms with Crippen molar-refractivity contribution >= 4 is 15.9 Å². The molecule has 1 aliphatic heterocycles. The van der Waals surface area contributed by atoms with Gasteiger partial charge in [0.2, 0.25) is 10.0 Å². The third kappa shape index (κ3) is 4.92. The van der Waals surface area contributed by atoms with Crippen molar-refractivity contribution in [3.8, 4) is 11.3 Å². The van der Waals surface area contributed by atoms with E-state index in [1.54, 1.807) is 30.1 Å². The summed E-state index contributed by atoms with van der Waals surface area (Å²) in [6, 6.07) is 18.1. The van der Waals surface area contributed by atoms with Crippen LogP contribution in [0.4, 0.5) is 0 Å². The Balaban J connectivity index is 1.35. The van der Waals surface area contributed by atoms with Crippen LogP contribution in [0, 0.1) is 0 Å². The molecule has 1 aromatic heterocycles. The lowest BCUT2D eigenvalue weighted by Crippen LogP contribution is -2.30. The van der Waals surface area contributed by atoms with Crippen LogP contribution in [0.3, 0.4) is 0 Å². The fourth-order valence-electron chi connectivity index (χ4n) is 3.86. The summed E-state index contributed by atoms with van der Waals surface area (Å²) in [5.41, 5.74) is 2.17. The lowest BCUT2D eigenvalue weighted by atomic mass is 10.1. The molecule has 0 bridgehead atoms. The quantitative estimate of drug-likeness (QED) is 0.518. The molecule has 168 valence electrons. The second-order valence-electron chi connectivity index (χ2n) is 8.01. The molecule has 0 radical (unpaired) electrons. The molecule has 3 aromatic rings. The number of aryl methyl sites for hydroxylation is 1. The van der Waals surface area contributed by atoms with Crippen LogP contribution in [-0.2, 0) is 16.4 Å². The molecule has 0 atom stereocenters. The summed E-state index contributed by atoms with van der Waals surface area (Å²) in [6.07, 6.45) is 3.11. The van der Waals surface area contributed by atoms with E-state index in [0.29, 0.717) is 38.0 Å². The van der Waals surface area contributed by atoms with Crippen LogP contribution in [0.15, 0.2) is 70.1 Å². The molecule has 4 rings (SSSR count). The predicted octanol–water partition coefficient (Wildman–Crippen LogP) is 3.83. The largest absolute Gasteiger partial charge is 0.361 e. The van der Waals surface area contributed by atoms with Crippen LogP contribution in [-0.4, -0.2) is 55.4 Å². The molecule has 0 N–H and O–H groups in total. The standard InChI is InChI=1S/C24H27N3O4S/c1-26(14-8-12-21-18-23(25-31-21)19-9-3-2-4-10-19)24(28)20-11-7-13-22(17-20)32(29,30)27-15-5-6-16-27/h2-4,7,9-11,13,17-18H,5-6,8,12,14-16H2,1H3. The summed E-state index contributed by atoms with van der Waals surface area (Å²) in [5.74, 6) is 0.564. The number of benzene rings is 2. The Morgan fingerprint density at radius 2 is 1.81 bits per heavy atom. The SMILES string of the molecule is CN(CCCc1cc(-c2ccccc2)no1)C(=O)c1cccc(S(=O)(=O)N2CCCC2)c1. The first-order valence-electron chi connectivity index (χ1n) is 10.8. The van der Waals surface area contributed by atoms with Crippen molar-refractivity contribution in [2.75, 3.05) is 26.7 Å². The molecular weight excluding hydrogens is 426 g/mol. The van der Waals surface area contributed by atoms with Gasteiger partial charge in [0.05, 0.1) is 4.90 Å². The highest BCUT2D eigenvalue weighted by Gasteiger charge is 2.27. The van der Waals surface area contributed by atoms with E-state index in [9.17, 15) is 13.2 Å². The minimum Gasteiger partial charge on any atom is -0.361 e. The molecule has 1 aliphatic rings.